The van der Waals surface area contributed by atoms with Crippen LogP contribution in [0.5, 0.6) is 0 Å². The molecule has 0 fully saturated rings. The van der Waals surface area contributed by atoms with Crippen LogP contribution in [0.15, 0.2) is 0 Å². The van der Waals surface area contributed by atoms with Crippen molar-refractivity contribution in [1.29, 1.82) is 0 Å². The summed E-state index contributed by atoms with van der Waals surface area (Å²) in [6.07, 6.45) is 14.2. The third kappa shape index (κ3) is 13.6. The lowest BCUT2D eigenvalue weighted by molar-refractivity contribution is 0.217. The van der Waals surface area contributed by atoms with E-state index in [-0.39, 0.29) is 6.10 Å². The van der Waals surface area contributed by atoms with Crippen LogP contribution >= 0.6 is 0 Å². The van der Waals surface area contributed by atoms with Gasteiger partial charge in [-0.25, -0.2) is 0 Å². The van der Waals surface area contributed by atoms with Crippen molar-refractivity contribution in [3.8, 4) is 11.8 Å². The maximum Gasteiger partial charge on any atom is 0.114 e. The molecule has 1 N–H and O–H groups in total. The highest BCUT2D eigenvalue weighted by Gasteiger charge is 1.98. The molecule has 0 aliphatic rings. The number of hydrogen-bond acceptors (Lipinski definition) is 1. The summed E-state index contributed by atoms with van der Waals surface area (Å²) in [6.45, 7) is 4.44. The minimum absolute atomic E-state index is 0.387. The standard InChI is InChI=1S/C17H32O/c1-3-5-7-9-10-12-14-16-17(18)15-13-11-8-6-4-2/h17-18H,3-12,14,16H2,1-2H3. The zero-order chi connectivity index (χ0) is 13.5. The maximum absolute atomic E-state index is 9.67. The fourth-order valence-corrected chi connectivity index (χ4v) is 2.02. The van der Waals surface area contributed by atoms with Gasteiger partial charge in [-0.2, -0.15) is 0 Å². The van der Waals surface area contributed by atoms with Crippen LogP contribution in [-0.4, -0.2) is 11.2 Å². The van der Waals surface area contributed by atoms with Gasteiger partial charge in [0.05, 0.1) is 0 Å². The molecular weight excluding hydrogens is 220 g/mol. The molecule has 1 heteroatoms. The molecule has 0 heterocycles. The molecule has 0 rings (SSSR count). The van der Waals surface area contributed by atoms with Crippen molar-refractivity contribution in [2.24, 2.45) is 0 Å². The first-order valence-corrected chi connectivity index (χ1v) is 7.97. The molecule has 18 heavy (non-hydrogen) atoms. The molecule has 1 unspecified atom stereocenters. The van der Waals surface area contributed by atoms with Gasteiger partial charge in [0.25, 0.3) is 0 Å². The summed E-state index contributed by atoms with van der Waals surface area (Å²) in [5.74, 6) is 6.05. The van der Waals surface area contributed by atoms with Crippen molar-refractivity contribution in [3.63, 3.8) is 0 Å². The predicted octanol–water partition coefficient (Wildman–Crippen LogP) is 5.07. The van der Waals surface area contributed by atoms with Crippen LogP contribution in [0.3, 0.4) is 0 Å². The molecule has 0 amide bonds. The van der Waals surface area contributed by atoms with Gasteiger partial charge in [-0.1, -0.05) is 71.1 Å². The second-order valence-corrected chi connectivity index (χ2v) is 5.20. The van der Waals surface area contributed by atoms with Gasteiger partial charge in [-0.3, -0.25) is 0 Å². The Labute approximate surface area is 114 Å². The minimum Gasteiger partial charge on any atom is -0.380 e. The fourth-order valence-electron chi connectivity index (χ4n) is 2.02. The number of aliphatic hydroxyl groups excluding tert-OH is 1. The van der Waals surface area contributed by atoms with Gasteiger partial charge in [0.2, 0.25) is 0 Å². The van der Waals surface area contributed by atoms with Crippen LogP contribution in [-0.2, 0) is 0 Å². The predicted molar refractivity (Wildman–Crippen MR) is 80.5 cm³/mol. The Hall–Kier alpha value is -0.480. The van der Waals surface area contributed by atoms with Crippen LogP contribution < -0.4 is 0 Å². The summed E-state index contributed by atoms with van der Waals surface area (Å²) in [5.41, 5.74) is 0. The topological polar surface area (TPSA) is 20.2 Å². The summed E-state index contributed by atoms with van der Waals surface area (Å²) >= 11 is 0. The highest BCUT2D eigenvalue weighted by Crippen LogP contribution is 2.09. The van der Waals surface area contributed by atoms with Gasteiger partial charge in [0.15, 0.2) is 0 Å². The van der Waals surface area contributed by atoms with E-state index in [0.717, 1.165) is 19.3 Å². The monoisotopic (exact) mass is 252 g/mol. The quantitative estimate of drug-likeness (QED) is 0.402. The average molecular weight is 252 g/mol. The van der Waals surface area contributed by atoms with Crippen molar-refractivity contribution in [2.45, 2.75) is 97.0 Å². The van der Waals surface area contributed by atoms with Crippen molar-refractivity contribution in [3.05, 3.63) is 0 Å². The first-order chi connectivity index (χ1) is 8.81. The Morgan fingerprint density at radius 1 is 0.778 bits per heavy atom. The fraction of sp³-hybridized carbons (Fsp3) is 0.882. The molecule has 0 saturated heterocycles. The van der Waals surface area contributed by atoms with E-state index in [9.17, 15) is 5.11 Å². The Kier molecular flexibility index (Phi) is 14.2. The van der Waals surface area contributed by atoms with Crippen molar-refractivity contribution in [1.82, 2.24) is 0 Å². The Morgan fingerprint density at radius 3 is 2.00 bits per heavy atom. The normalized spacial score (nSPS) is 11.9. The maximum atomic E-state index is 9.67. The summed E-state index contributed by atoms with van der Waals surface area (Å²) in [4.78, 5) is 0. The lowest BCUT2D eigenvalue weighted by Gasteiger charge is -2.03. The molecular formula is C17H32O. The van der Waals surface area contributed by atoms with E-state index in [2.05, 4.69) is 25.7 Å². The minimum atomic E-state index is -0.387. The molecule has 1 atom stereocenters. The van der Waals surface area contributed by atoms with Crippen LogP contribution in [0.2, 0.25) is 0 Å². The van der Waals surface area contributed by atoms with Gasteiger partial charge in [-0.15, -0.1) is 5.92 Å². The lowest BCUT2D eigenvalue weighted by Crippen LogP contribution is -2.02. The second kappa shape index (κ2) is 14.6. The number of aliphatic hydroxyl groups is 1. The Balaban J connectivity index is 3.28. The number of rotatable bonds is 11. The zero-order valence-electron chi connectivity index (χ0n) is 12.5. The van der Waals surface area contributed by atoms with E-state index in [1.807, 2.05) is 0 Å². The van der Waals surface area contributed by atoms with Gasteiger partial charge in [0, 0.05) is 6.42 Å². The van der Waals surface area contributed by atoms with E-state index < -0.39 is 0 Å². The zero-order valence-corrected chi connectivity index (χ0v) is 12.5. The summed E-state index contributed by atoms with van der Waals surface area (Å²) < 4.78 is 0. The molecule has 0 aromatic heterocycles. The van der Waals surface area contributed by atoms with Crippen molar-refractivity contribution < 1.29 is 5.11 Å². The summed E-state index contributed by atoms with van der Waals surface area (Å²) in [6, 6.07) is 0. The third-order valence-electron chi connectivity index (χ3n) is 3.26. The summed E-state index contributed by atoms with van der Waals surface area (Å²) in [7, 11) is 0. The number of hydrogen-bond donors (Lipinski definition) is 1. The van der Waals surface area contributed by atoms with E-state index >= 15 is 0 Å². The van der Waals surface area contributed by atoms with Crippen LogP contribution in [0.1, 0.15) is 90.9 Å². The van der Waals surface area contributed by atoms with Gasteiger partial charge in [-0.05, 0) is 19.3 Å². The van der Waals surface area contributed by atoms with Gasteiger partial charge in [0.1, 0.15) is 6.10 Å². The smallest absolute Gasteiger partial charge is 0.114 e. The average Bonchev–Trinajstić information content (AvgIpc) is 2.37. The van der Waals surface area contributed by atoms with Crippen LogP contribution in [0, 0.1) is 11.8 Å². The van der Waals surface area contributed by atoms with E-state index in [0.29, 0.717) is 0 Å². The van der Waals surface area contributed by atoms with Crippen LogP contribution in [0.4, 0.5) is 0 Å². The molecule has 0 aromatic carbocycles. The first kappa shape index (κ1) is 17.5. The van der Waals surface area contributed by atoms with E-state index in [1.165, 1.54) is 57.8 Å². The van der Waals surface area contributed by atoms with E-state index in [1.54, 1.807) is 0 Å². The molecule has 0 aliphatic carbocycles. The number of unbranched alkanes of at least 4 members (excludes halogenated alkanes) is 9. The highest BCUT2D eigenvalue weighted by atomic mass is 16.3. The molecule has 0 bridgehead atoms. The van der Waals surface area contributed by atoms with E-state index in [4.69, 9.17) is 0 Å². The molecule has 106 valence electrons. The largest absolute Gasteiger partial charge is 0.380 e. The first-order valence-electron chi connectivity index (χ1n) is 7.97. The Bertz CT molecular complexity index is 211. The summed E-state index contributed by atoms with van der Waals surface area (Å²) in [5, 5.41) is 9.67. The SMILES string of the molecule is CCCCCC#CC(O)CCCCCCCCC. The molecule has 1 nitrogen and oxygen atoms in total. The van der Waals surface area contributed by atoms with Crippen LogP contribution in [0.25, 0.3) is 0 Å². The van der Waals surface area contributed by atoms with Gasteiger partial charge < -0.3 is 5.11 Å². The van der Waals surface area contributed by atoms with Crippen molar-refractivity contribution in [2.75, 3.05) is 0 Å². The molecule has 0 aromatic rings. The highest BCUT2D eigenvalue weighted by molar-refractivity contribution is 5.04. The molecule has 0 radical (unpaired) electrons. The van der Waals surface area contributed by atoms with Crippen molar-refractivity contribution >= 4 is 0 Å². The lowest BCUT2D eigenvalue weighted by atomic mass is 10.1. The molecule has 0 spiro atoms. The van der Waals surface area contributed by atoms with Gasteiger partial charge >= 0.3 is 0 Å². The third-order valence-corrected chi connectivity index (χ3v) is 3.26. The second-order valence-electron chi connectivity index (χ2n) is 5.20. The molecule has 0 saturated carbocycles. The molecule has 0 aliphatic heterocycles. The Morgan fingerprint density at radius 2 is 1.33 bits per heavy atom.